The van der Waals surface area contributed by atoms with Gasteiger partial charge in [0.15, 0.2) is 5.82 Å². The Morgan fingerprint density at radius 1 is 1.47 bits per heavy atom. The van der Waals surface area contributed by atoms with Crippen LogP contribution < -0.4 is 5.56 Å². The average Bonchev–Trinajstić information content (AvgIpc) is 2.79. The molecule has 0 unspecified atom stereocenters. The zero-order valence-corrected chi connectivity index (χ0v) is 10.6. The summed E-state index contributed by atoms with van der Waals surface area (Å²) < 4.78 is 11.0. The summed E-state index contributed by atoms with van der Waals surface area (Å²) in [6.45, 7) is 3.53. The molecule has 2 rings (SSSR count). The van der Waals surface area contributed by atoms with Gasteiger partial charge in [0.25, 0.3) is 11.4 Å². The van der Waals surface area contributed by atoms with Crippen molar-refractivity contribution < 1.29 is 14.1 Å². The number of carbonyl (C=O) groups is 1. The molecule has 0 N–H and O–H groups in total. The van der Waals surface area contributed by atoms with E-state index in [9.17, 15) is 9.59 Å². The summed E-state index contributed by atoms with van der Waals surface area (Å²) in [5.74, 6) is 0.330. The Bertz CT molecular complexity index is 644. The minimum Gasteiger partial charge on any atom is -0.465 e. The number of rotatable bonds is 4. The van der Waals surface area contributed by atoms with Crippen LogP contribution in [0.1, 0.15) is 12.7 Å². The molecule has 0 aliphatic heterocycles. The van der Waals surface area contributed by atoms with Crippen molar-refractivity contribution in [3.05, 3.63) is 34.5 Å². The summed E-state index contributed by atoms with van der Waals surface area (Å²) >= 11 is 0. The number of nitrogens with zero attached hydrogens (tertiary/aromatic N) is 3. The Hall–Kier alpha value is -2.44. The van der Waals surface area contributed by atoms with Crippen LogP contribution in [-0.4, -0.2) is 27.3 Å². The van der Waals surface area contributed by atoms with E-state index in [2.05, 4.69) is 10.1 Å². The molecular weight excluding hydrogens is 250 g/mol. The molecule has 7 heteroatoms. The number of hydrogen-bond acceptors (Lipinski definition) is 6. The van der Waals surface area contributed by atoms with Crippen molar-refractivity contribution in [1.29, 1.82) is 0 Å². The number of carbonyl (C=O) groups excluding carboxylic acids is 1. The minimum absolute atomic E-state index is 0.145. The van der Waals surface area contributed by atoms with Crippen molar-refractivity contribution in [2.75, 3.05) is 6.61 Å². The quantitative estimate of drug-likeness (QED) is 0.757. The average molecular weight is 263 g/mol. The Labute approximate surface area is 108 Å². The summed E-state index contributed by atoms with van der Waals surface area (Å²) in [4.78, 5) is 27.1. The van der Waals surface area contributed by atoms with E-state index in [1.165, 1.54) is 16.8 Å². The third-order valence-corrected chi connectivity index (χ3v) is 2.36. The van der Waals surface area contributed by atoms with Gasteiger partial charge in [0.2, 0.25) is 0 Å². The monoisotopic (exact) mass is 263 g/mol. The number of pyridine rings is 1. The van der Waals surface area contributed by atoms with E-state index < -0.39 is 5.97 Å². The number of ether oxygens (including phenoxy) is 1. The summed E-state index contributed by atoms with van der Waals surface area (Å²) in [5, 5.41) is 3.67. The maximum absolute atomic E-state index is 11.6. The first-order chi connectivity index (χ1) is 9.10. The van der Waals surface area contributed by atoms with Gasteiger partial charge in [-0.15, -0.1) is 0 Å². The van der Waals surface area contributed by atoms with Crippen LogP contribution in [0, 0.1) is 6.92 Å². The van der Waals surface area contributed by atoms with Gasteiger partial charge in [0.05, 0.1) is 12.2 Å². The molecule has 0 atom stereocenters. The lowest BCUT2D eigenvalue weighted by Crippen LogP contribution is -2.24. The molecular formula is C12H13N3O4. The predicted octanol–water partition coefficient (Wildman–Crippen LogP) is 0.770. The van der Waals surface area contributed by atoms with Crippen molar-refractivity contribution in [2.24, 2.45) is 0 Å². The van der Waals surface area contributed by atoms with Crippen LogP contribution in [-0.2, 0) is 16.1 Å². The third-order valence-electron chi connectivity index (χ3n) is 2.36. The van der Waals surface area contributed by atoms with Crippen molar-refractivity contribution in [3.8, 4) is 11.5 Å². The van der Waals surface area contributed by atoms with E-state index in [1.54, 1.807) is 19.9 Å². The van der Waals surface area contributed by atoms with Crippen molar-refractivity contribution in [2.45, 2.75) is 20.4 Å². The number of aromatic nitrogens is 3. The predicted molar refractivity (Wildman–Crippen MR) is 65.4 cm³/mol. The van der Waals surface area contributed by atoms with E-state index in [0.717, 1.165) is 0 Å². The molecule has 2 heterocycles. The van der Waals surface area contributed by atoms with Crippen LogP contribution in [0.2, 0.25) is 0 Å². The molecule has 0 aromatic carbocycles. The van der Waals surface area contributed by atoms with Crippen LogP contribution in [0.3, 0.4) is 0 Å². The number of aryl methyl sites for hydroxylation is 1. The van der Waals surface area contributed by atoms with E-state index in [4.69, 9.17) is 9.26 Å². The smallest absolute Gasteiger partial charge is 0.326 e. The topological polar surface area (TPSA) is 87.2 Å². The fourth-order valence-electron chi connectivity index (χ4n) is 1.54. The molecule has 0 aliphatic rings. The molecule has 0 radical (unpaired) electrons. The first-order valence-electron chi connectivity index (χ1n) is 5.77. The van der Waals surface area contributed by atoms with Crippen LogP contribution in [0.4, 0.5) is 0 Å². The Kier molecular flexibility index (Phi) is 3.74. The standard InChI is InChI=1S/C12H13N3O4/c1-3-18-11(17)7-15-6-9(4-5-10(15)16)12-13-8(2)14-19-12/h4-6H,3,7H2,1-2H3. The first kappa shape index (κ1) is 13.0. The van der Waals surface area contributed by atoms with Crippen molar-refractivity contribution >= 4 is 5.97 Å². The van der Waals surface area contributed by atoms with Gasteiger partial charge in [0, 0.05) is 12.3 Å². The summed E-state index contributed by atoms with van der Waals surface area (Å²) in [5.41, 5.74) is 0.275. The van der Waals surface area contributed by atoms with E-state index in [-0.39, 0.29) is 18.7 Å². The molecule has 0 aliphatic carbocycles. The van der Waals surface area contributed by atoms with Gasteiger partial charge in [-0.25, -0.2) is 0 Å². The first-order valence-corrected chi connectivity index (χ1v) is 5.77. The Morgan fingerprint density at radius 3 is 2.89 bits per heavy atom. The molecule has 0 saturated heterocycles. The highest BCUT2D eigenvalue weighted by Crippen LogP contribution is 2.14. The molecule has 19 heavy (non-hydrogen) atoms. The van der Waals surface area contributed by atoms with E-state index in [1.807, 2.05) is 0 Å². The van der Waals surface area contributed by atoms with Gasteiger partial charge >= 0.3 is 5.97 Å². The largest absolute Gasteiger partial charge is 0.465 e. The van der Waals surface area contributed by atoms with Crippen LogP contribution >= 0.6 is 0 Å². The highest BCUT2D eigenvalue weighted by Gasteiger charge is 2.10. The van der Waals surface area contributed by atoms with Gasteiger partial charge in [-0.05, 0) is 19.9 Å². The molecule has 0 fully saturated rings. The SMILES string of the molecule is CCOC(=O)Cn1cc(-c2nc(C)no2)ccc1=O. The van der Waals surface area contributed by atoms with E-state index in [0.29, 0.717) is 17.3 Å². The van der Waals surface area contributed by atoms with Crippen LogP contribution in [0.5, 0.6) is 0 Å². The molecule has 7 nitrogen and oxygen atoms in total. The maximum Gasteiger partial charge on any atom is 0.326 e. The lowest BCUT2D eigenvalue weighted by Gasteiger charge is -2.05. The van der Waals surface area contributed by atoms with Gasteiger partial charge in [-0.3, -0.25) is 9.59 Å². The third kappa shape index (κ3) is 3.06. The molecule has 0 spiro atoms. The molecule has 0 saturated carbocycles. The lowest BCUT2D eigenvalue weighted by molar-refractivity contribution is -0.143. The summed E-state index contributed by atoms with van der Waals surface area (Å²) in [6.07, 6.45) is 1.49. The van der Waals surface area contributed by atoms with Gasteiger partial charge in [-0.1, -0.05) is 5.16 Å². The van der Waals surface area contributed by atoms with E-state index >= 15 is 0 Å². The minimum atomic E-state index is -0.469. The number of hydrogen-bond donors (Lipinski definition) is 0. The maximum atomic E-state index is 11.6. The van der Waals surface area contributed by atoms with Gasteiger partial charge in [-0.2, -0.15) is 4.98 Å². The zero-order valence-electron chi connectivity index (χ0n) is 10.6. The zero-order chi connectivity index (χ0) is 13.8. The van der Waals surface area contributed by atoms with Gasteiger partial charge < -0.3 is 13.8 Å². The second kappa shape index (κ2) is 5.47. The van der Waals surface area contributed by atoms with Crippen LogP contribution in [0.15, 0.2) is 27.6 Å². The van der Waals surface area contributed by atoms with Crippen molar-refractivity contribution in [3.63, 3.8) is 0 Å². The number of esters is 1. The fourth-order valence-corrected chi connectivity index (χ4v) is 1.54. The lowest BCUT2D eigenvalue weighted by atomic mass is 10.3. The summed E-state index contributed by atoms with van der Waals surface area (Å²) in [6, 6.07) is 2.91. The highest BCUT2D eigenvalue weighted by atomic mass is 16.5. The normalized spacial score (nSPS) is 10.4. The molecule has 2 aromatic heterocycles. The molecule has 0 amide bonds. The Morgan fingerprint density at radius 2 is 2.26 bits per heavy atom. The molecule has 100 valence electrons. The molecule has 0 bridgehead atoms. The van der Waals surface area contributed by atoms with Crippen molar-refractivity contribution in [1.82, 2.24) is 14.7 Å². The van der Waals surface area contributed by atoms with Crippen LogP contribution in [0.25, 0.3) is 11.5 Å². The highest BCUT2D eigenvalue weighted by molar-refractivity contribution is 5.69. The summed E-state index contributed by atoms with van der Waals surface area (Å²) in [7, 11) is 0. The Balaban J connectivity index is 2.29. The fraction of sp³-hybridized carbons (Fsp3) is 0.333. The second-order valence-corrected chi connectivity index (χ2v) is 3.84. The second-order valence-electron chi connectivity index (χ2n) is 3.84. The molecule has 2 aromatic rings. The van der Waals surface area contributed by atoms with Gasteiger partial charge in [0.1, 0.15) is 6.54 Å².